The second-order valence-electron chi connectivity index (χ2n) is 7.08. The number of hydrogen-bond donors (Lipinski definition) is 0. The number of rotatable bonds is 6. The Morgan fingerprint density at radius 2 is 2.13 bits per heavy atom. The molecule has 0 bridgehead atoms. The van der Waals surface area contributed by atoms with Gasteiger partial charge in [-0.1, -0.05) is 50.5 Å². The van der Waals surface area contributed by atoms with E-state index in [1.807, 2.05) is 0 Å². The third-order valence-electron chi connectivity index (χ3n) is 5.38. The van der Waals surface area contributed by atoms with E-state index in [0.29, 0.717) is 0 Å². The molecule has 2 aliphatic rings. The Balaban J connectivity index is 1.74. The lowest BCUT2D eigenvalue weighted by atomic mass is 9.80. The van der Waals surface area contributed by atoms with Crippen LogP contribution in [-0.2, 0) is 21.5 Å². The summed E-state index contributed by atoms with van der Waals surface area (Å²) in [5, 5.41) is 0. The normalized spacial score (nSPS) is 28.0. The standard InChI is InChI=1S/C20H31NO2/c1-3-4-5-8-13-21-14-9-12-20(16-21)18-11-7-6-10-17(18)15-19(22-2)23-20/h6-7,10-11,19H,3-5,8-9,12-16H2,1-2H3/t19-,20-/m1/s1. The van der Waals surface area contributed by atoms with Crippen LogP contribution in [-0.4, -0.2) is 37.9 Å². The van der Waals surface area contributed by atoms with E-state index in [4.69, 9.17) is 9.47 Å². The third kappa shape index (κ3) is 3.78. The van der Waals surface area contributed by atoms with Crippen LogP contribution in [0.1, 0.15) is 56.6 Å². The molecule has 1 aromatic rings. The summed E-state index contributed by atoms with van der Waals surface area (Å²) in [6.07, 6.45) is 8.38. The molecule has 0 amide bonds. The zero-order valence-corrected chi connectivity index (χ0v) is 14.7. The lowest BCUT2D eigenvalue weighted by molar-refractivity contribution is -0.228. The topological polar surface area (TPSA) is 21.7 Å². The van der Waals surface area contributed by atoms with Gasteiger partial charge in [0.25, 0.3) is 0 Å². The first-order valence-corrected chi connectivity index (χ1v) is 9.29. The summed E-state index contributed by atoms with van der Waals surface area (Å²) < 4.78 is 12.1. The zero-order chi connectivity index (χ0) is 16.1. The van der Waals surface area contributed by atoms with E-state index in [2.05, 4.69) is 36.1 Å². The van der Waals surface area contributed by atoms with Crippen molar-refractivity contribution in [3.63, 3.8) is 0 Å². The minimum atomic E-state index is -0.168. The van der Waals surface area contributed by atoms with Crippen LogP contribution in [0.15, 0.2) is 24.3 Å². The van der Waals surface area contributed by atoms with Crippen molar-refractivity contribution in [1.82, 2.24) is 4.90 Å². The van der Waals surface area contributed by atoms with Crippen molar-refractivity contribution >= 4 is 0 Å². The van der Waals surface area contributed by atoms with Crippen LogP contribution in [0, 0.1) is 0 Å². The van der Waals surface area contributed by atoms with Crippen molar-refractivity contribution in [1.29, 1.82) is 0 Å². The van der Waals surface area contributed by atoms with Crippen LogP contribution in [0.3, 0.4) is 0 Å². The number of fused-ring (bicyclic) bond motifs is 2. The smallest absolute Gasteiger partial charge is 0.162 e. The summed E-state index contributed by atoms with van der Waals surface area (Å²) in [5.41, 5.74) is 2.63. The van der Waals surface area contributed by atoms with E-state index in [-0.39, 0.29) is 11.9 Å². The first-order chi connectivity index (χ1) is 11.3. The molecular formula is C20H31NO2. The Kier molecular flexibility index (Phi) is 5.73. The molecule has 3 rings (SSSR count). The lowest BCUT2D eigenvalue weighted by Crippen LogP contribution is -2.52. The van der Waals surface area contributed by atoms with Gasteiger partial charge in [-0.05, 0) is 43.5 Å². The summed E-state index contributed by atoms with van der Waals surface area (Å²) >= 11 is 0. The largest absolute Gasteiger partial charge is 0.355 e. The van der Waals surface area contributed by atoms with Gasteiger partial charge in [0.05, 0.1) is 0 Å². The van der Waals surface area contributed by atoms with E-state index in [1.165, 1.54) is 56.3 Å². The fourth-order valence-corrected chi connectivity index (χ4v) is 4.19. The number of ether oxygens (including phenoxy) is 2. The van der Waals surface area contributed by atoms with Crippen molar-refractivity contribution in [3.05, 3.63) is 35.4 Å². The average molecular weight is 317 g/mol. The number of unbranched alkanes of at least 4 members (excludes halogenated alkanes) is 3. The van der Waals surface area contributed by atoms with Crippen molar-refractivity contribution in [2.24, 2.45) is 0 Å². The molecule has 3 heteroatoms. The molecular weight excluding hydrogens is 286 g/mol. The highest BCUT2D eigenvalue weighted by atomic mass is 16.7. The SMILES string of the molecule is CCCCCCN1CCC[C@]2(C1)O[C@@H](OC)Cc1ccccc12. The van der Waals surface area contributed by atoms with Gasteiger partial charge in [-0.2, -0.15) is 0 Å². The molecule has 1 saturated heterocycles. The summed E-state index contributed by atoms with van der Waals surface area (Å²) in [6.45, 7) is 5.69. The minimum Gasteiger partial charge on any atom is -0.355 e. The zero-order valence-electron chi connectivity index (χ0n) is 14.7. The molecule has 2 heterocycles. The lowest BCUT2D eigenvalue weighted by Gasteiger charge is -2.48. The second-order valence-corrected chi connectivity index (χ2v) is 7.08. The molecule has 0 N–H and O–H groups in total. The van der Waals surface area contributed by atoms with Crippen LogP contribution < -0.4 is 0 Å². The van der Waals surface area contributed by atoms with E-state index in [9.17, 15) is 0 Å². The summed E-state index contributed by atoms with van der Waals surface area (Å²) in [6, 6.07) is 8.79. The van der Waals surface area contributed by atoms with Gasteiger partial charge in [-0.3, -0.25) is 0 Å². The molecule has 0 aromatic heterocycles. The van der Waals surface area contributed by atoms with E-state index < -0.39 is 0 Å². The van der Waals surface area contributed by atoms with Crippen LogP contribution in [0.4, 0.5) is 0 Å². The van der Waals surface area contributed by atoms with E-state index in [1.54, 1.807) is 7.11 Å². The van der Waals surface area contributed by atoms with Gasteiger partial charge in [0.1, 0.15) is 5.60 Å². The average Bonchev–Trinajstić information content (AvgIpc) is 2.59. The molecule has 0 aliphatic carbocycles. The Morgan fingerprint density at radius 3 is 2.96 bits per heavy atom. The van der Waals surface area contributed by atoms with Gasteiger partial charge in [0.2, 0.25) is 0 Å². The van der Waals surface area contributed by atoms with Gasteiger partial charge < -0.3 is 14.4 Å². The first-order valence-electron chi connectivity index (χ1n) is 9.29. The van der Waals surface area contributed by atoms with Crippen molar-refractivity contribution in [3.8, 4) is 0 Å². The highest BCUT2D eigenvalue weighted by Gasteiger charge is 2.44. The molecule has 0 unspecified atom stereocenters. The van der Waals surface area contributed by atoms with Crippen molar-refractivity contribution < 1.29 is 9.47 Å². The van der Waals surface area contributed by atoms with Gasteiger partial charge in [-0.15, -0.1) is 0 Å². The van der Waals surface area contributed by atoms with Gasteiger partial charge >= 0.3 is 0 Å². The Bertz CT molecular complexity index is 504. The molecule has 128 valence electrons. The molecule has 2 atom stereocenters. The number of likely N-dealkylation sites (tertiary alicyclic amines) is 1. The molecule has 1 fully saturated rings. The predicted octanol–water partition coefficient (Wildman–Crippen LogP) is 4.10. The summed E-state index contributed by atoms with van der Waals surface area (Å²) in [7, 11) is 1.76. The summed E-state index contributed by atoms with van der Waals surface area (Å²) in [5.74, 6) is 0. The Hall–Kier alpha value is -0.900. The maximum absolute atomic E-state index is 6.48. The molecule has 23 heavy (non-hydrogen) atoms. The van der Waals surface area contributed by atoms with E-state index >= 15 is 0 Å². The number of methoxy groups -OCH3 is 1. The maximum Gasteiger partial charge on any atom is 0.162 e. The van der Waals surface area contributed by atoms with E-state index in [0.717, 1.165) is 19.4 Å². The van der Waals surface area contributed by atoms with Crippen LogP contribution in [0.25, 0.3) is 0 Å². The number of benzene rings is 1. The molecule has 1 aromatic carbocycles. The highest BCUT2D eigenvalue weighted by molar-refractivity contribution is 5.35. The molecule has 2 aliphatic heterocycles. The minimum absolute atomic E-state index is 0.107. The molecule has 3 nitrogen and oxygen atoms in total. The fourth-order valence-electron chi connectivity index (χ4n) is 4.19. The number of nitrogens with zero attached hydrogens (tertiary/aromatic N) is 1. The first kappa shape index (κ1) is 16.9. The number of piperidine rings is 1. The van der Waals surface area contributed by atoms with Crippen molar-refractivity contribution in [2.75, 3.05) is 26.7 Å². The predicted molar refractivity (Wildman–Crippen MR) is 93.5 cm³/mol. The Labute approximate surface area is 141 Å². The van der Waals surface area contributed by atoms with Crippen LogP contribution in [0.2, 0.25) is 0 Å². The van der Waals surface area contributed by atoms with Gasteiger partial charge in [0, 0.05) is 20.1 Å². The van der Waals surface area contributed by atoms with Crippen molar-refractivity contribution in [2.45, 2.75) is 63.8 Å². The molecule has 1 spiro atoms. The monoisotopic (exact) mass is 317 g/mol. The van der Waals surface area contributed by atoms with Gasteiger partial charge in [-0.25, -0.2) is 0 Å². The molecule has 0 radical (unpaired) electrons. The third-order valence-corrected chi connectivity index (χ3v) is 5.38. The van der Waals surface area contributed by atoms with Crippen LogP contribution in [0.5, 0.6) is 0 Å². The second kappa shape index (κ2) is 7.78. The van der Waals surface area contributed by atoms with Crippen LogP contribution >= 0.6 is 0 Å². The van der Waals surface area contributed by atoms with Gasteiger partial charge in [0.15, 0.2) is 6.29 Å². The fraction of sp³-hybridized carbons (Fsp3) is 0.700. The quantitative estimate of drug-likeness (QED) is 0.737. The highest BCUT2D eigenvalue weighted by Crippen LogP contribution is 2.42. The number of hydrogen-bond acceptors (Lipinski definition) is 3. The Morgan fingerprint density at radius 1 is 1.26 bits per heavy atom. The molecule has 0 saturated carbocycles. The summed E-state index contributed by atoms with van der Waals surface area (Å²) in [4.78, 5) is 2.61. The maximum atomic E-state index is 6.48.